The van der Waals surface area contributed by atoms with Crippen molar-refractivity contribution in [1.82, 2.24) is 5.32 Å². The van der Waals surface area contributed by atoms with E-state index in [1.807, 2.05) is 39.4 Å². The van der Waals surface area contributed by atoms with Crippen LogP contribution in [0, 0.1) is 0 Å². The first-order chi connectivity index (χ1) is 36.9. The molecular formula is C66H109N2O7P. The summed E-state index contributed by atoms with van der Waals surface area (Å²) in [4.78, 5) is 39.9. The van der Waals surface area contributed by atoms with Crippen molar-refractivity contribution in [3.05, 3.63) is 146 Å². The summed E-state index contributed by atoms with van der Waals surface area (Å²) >= 11 is 0. The van der Waals surface area contributed by atoms with E-state index in [1.165, 1.54) is 51.4 Å². The minimum atomic E-state index is -4.74. The lowest BCUT2D eigenvalue weighted by Gasteiger charge is -2.30. The lowest BCUT2D eigenvalue weighted by Crippen LogP contribution is -2.47. The molecule has 1 amide bonds. The number of ether oxygens (including phenoxy) is 1. The van der Waals surface area contributed by atoms with Gasteiger partial charge in [-0.25, -0.2) is 0 Å². The molecule has 0 aliphatic heterocycles. The number of carbonyl (C=O) groups excluding carboxylic acids is 2. The number of rotatable bonds is 51. The average molecular weight is 1070 g/mol. The standard InChI is InChI=1S/C66H109N2O7P/c1-7-10-13-16-19-22-25-28-30-32-34-36-38-40-43-46-49-52-55-58-65(69)67-63(62-74-76(71,72)73-61-60-68(4,5)6)64(57-54-51-48-45-42-27-24-21-18-15-12-9-3)75-66(70)59-56-53-50-47-44-41-39-37-35-33-31-29-26-23-20-17-14-11-8-2/h10-11,13-14,19-20,22-23,28-31,34-37,40-41,43-44,49,52,54,57,63-64H,7-9,12,15-18,21,24-27,32-33,38-39,42,45-48,50-51,53,55-56,58-62H2,1-6H3,(H-,67,69,71,72)/b13-10-,14-11-,22-19-,23-20-,30-28-,31-29-,36-34-,37-35-,43-40-,44-41-,52-49-,57-54+. The van der Waals surface area contributed by atoms with E-state index >= 15 is 0 Å². The van der Waals surface area contributed by atoms with Gasteiger partial charge in [0.05, 0.1) is 33.8 Å². The van der Waals surface area contributed by atoms with Crippen LogP contribution < -0.4 is 10.2 Å². The van der Waals surface area contributed by atoms with Crippen LogP contribution in [0.1, 0.15) is 207 Å². The van der Waals surface area contributed by atoms with Crippen LogP contribution >= 0.6 is 7.82 Å². The van der Waals surface area contributed by atoms with Gasteiger partial charge in [0.15, 0.2) is 0 Å². The van der Waals surface area contributed by atoms with Crippen molar-refractivity contribution in [2.45, 2.75) is 219 Å². The van der Waals surface area contributed by atoms with Crippen molar-refractivity contribution >= 4 is 19.7 Å². The smallest absolute Gasteiger partial charge is 0.306 e. The molecule has 0 bridgehead atoms. The Balaban J connectivity index is 5.51. The Morgan fingerprint density at radius 2 is 0.855 bits per heavy atom. The second-order valence-electron chi connectivity index (χ2n) is 20.4. The van der Waals surface area contributed by atoms with Crippen LogP contribution in [0.3, 0.4) is 0 Å². The van der Waals surface area contributed by atoms with Crippen molar-refractivity contribution in [3.63, 3.8) is 0 Å². The lowest BCUT2D eigenvalue weighted by atomic mass is 10.1. The average Bonchev–Trinajstić information content (AvgIpc) is 3.38. The van der Waals surface area contributed by atoms with E-state index in [4.69, 9.17) is 13.8 Å². The van der Waals surface area contributed by atoms with Crippen LogP contribution in [0.4, 0.5) is 0 Å². The molecule has 0 aliphatic carbocycles. The lowest BCUT2D eigenvalue weighted by molar-refractivity contribution is -0.870. The molecular weight excluding hydrogens is 964 g/mol. The van der Waals surface area contributed by atoms with Gasteiger partial charge in [-0.15, -0.1) is 0 Å². The molecule has 10 heteroatoms. The van der Waals surface area contributed by atoms with Crippen molar-refractivity contribution in [2.75, 3.05) is 40.9 Å². The Kier molecular flexibility index (Phi) is 51.3. The van der Waals surface area contributed by atoms with Crippen LogP contribution in [-0.4, -0.2) is 69.4 Å². The number of hydrogen-bond donors (Lipinski definition) is 1. The first kappa shape index (κ1) is 71.9. The molecule has 0 saturated heterocycles. The summed E-state index contributed by atoms with van der Waals surface area (Å²) in [6.07, 6.45) is 78.3. The van der Waals surface area contributed by atoms with Gasteiger partial charge in [-0.2, -0.15) is 0 Å². The van der Waals surface area contributed by atoms with Crippen molar-refractivity contribution in [1.29, 1.82) is 0 Å². The van der Waals surface area contributed by atoms with Crippen LogP contribution in [0.15, 0.2) is 146 Å². The fraction of sp³-hybridized carbons (Fsp3) is 0.606. The summed E-state index contributed by atoms with van der Waals surface area (Å²) in [5.74, 6) is -0.691. The molecule has 9 nitrogen and oxygen atoms in total. The number of allylic oxidation sites excluding steroid dienone is 23. The first-order valence-electron chi connectivity index (χ1n) is 29.6. The largest absolute Gasteiger partial charge is 0.756 e. The summed E-state index contributed by atoms with van der Waals surface area (Å²) < 4.78 is 30.2. The molecule has 0 spiro atoms. The minimum Gasteiger partial charge on any atom is -0.756 e. The second kappa shape index (κ2) is 54.3. The highest BCUT2D eigenvalue weighted by Crippen LogP contribution is 2.38. The predicted molar refractivity (Wildman–Crippen MR) is 325 cm³/mol. The summed E-state index contributed by atoms with van der Waals surface area (Å²) in [6, 6.07) is -0.953. The number of quaternary nitrogens is 1. The van der Waals surface area contributed by atoms with E-state index in [2.05, 4.69) is 148 Å². The number of carbonyl (C=O) groups is 2. The van der Waals surface area contributed by atoms with Crippen molar-refractivity contribution < 1.29 is 37.3 Å². The van der Waals surface area contributed by atoms with Crippen LogP contribution in [0.5, 0.6) is 0 Å². The van der Waals surface area contributed by atoms with E-state index in [0.29, 0.717) is 23.9 Å². The Bertz CT molecular complexity index is 1810. The Hall–Kier alpha value is -4.11. The molecule has 0 rings (SSSR count). The summed E-state index contributed by atoms with van der Waals surface area (Å²) in [7, 11) is 1.09. The maximum absolute atomic E-state index is 13.5. The third-order valence-corrected chi connectivity index (χ3v) is 13.0. The topological polar surface area (TPSA) is 114 Å². The van der Waals surface area contributed by atoms with E-state index in [9.17, 15) is 19.0 Å². The fourth-order valence-electron chi connectivity index (χ4n) is 7.51. The summed E-state index contributed by atoms with van der Waals surface area (Å²) in [5.41, 5.74) is 0. The quantitative estimate of drug-likeness (QED) is 0.0212. The third-order valence-electron chi connectivity index (χ3n) is 12.0. The van der Waals surface area contributed by atoms with Gasteiger partial charge < -0.3 is 28.5 Å². The Morgan fingerprint density at radius 3 is 1.29 bits per heavy atom. The van der Waals surface area contributed by atoms with Gasteiger partial charge in [0.25, 0.3) is 7.82 Å². The third kappa shape index (κ3) is 54.7. The van der Waals surface area contributed by atoms with E-state index in [0.717, 1.165) is 109 Å². The molecule has 0 fully saturated rings. The van der Waals surface area contributed by atoms with Crippen LogP contribution in [-0.2, 0) is 27.9 Å². The number of esters is 1. The molecule has 0 radical (unpaired) electrons. The monoisotopic (exact) mass is 1070 g/mol. The zero-order valence-corrected chi connectivity index (χ0v) is 49.8. The zero-order valence-electron chi connectivity index (χ0n) is 48.9. The number of phosphoric acid groups is 1. The van der Waals surface area contributed by atoms with E-state index in [1.54, 1.807) is 6.08 Å². The molecule has 76 heavy (non-hydrogen) atoms. The molecule has 0 saturated carbocycles. The van der Waals surface area contributed by atoms with Gasteiger partial charge in [0.1, 0.15) is 19.3 Å². The molecule has 3 unspecified atom stereocenters. The molecule has 0 aromatic carbocycles. The van der Waals surface area contributed by atoms with Crippen LogP contribution in [0.2, 0.25) is 0 Å². The molecule has 3 atom stereocenters. The molecule has 0 aromatic rings. The number of nitrogens with zero attached hydrogens (tertiary/aromatic N) is 1. The van der Waals surface area contributed by atoms with Gasteiger partial charge >= 0.3 is 5.97 Å². The number of likely N-dealkylation sites (N-methyl/N-ethyl adjacent to an activating group) is 1. The van der Waals surface area contributed by atoms with Gasteiger partial charge in [-0.05, 0) is 115 Å². The van der Waals surface area contributed by atoms with Crippen LogP contribution in [0.25, 0.3) is 0 Å². The Labute approximate surface area is 466 Å². The van der Waals surface area contributed by atoms with Crippen molar-refractivity contribution in [3.8, 4) is 0 Å². The number of hydrogen-bond acceptors (Lipinski definition) is 7. The fourth-order valence-corrected chi connectivity index (χ4v) is 8.23. The molecule has 430 valence electrons. The van der Waals surface area contributed by atoms with Gasteiger partial charge in [0, 0.05) is 12.8 Å². The summed E-state index contributed by atoms with van der Waals surface area (Å²) in [6.45, 7) is 6.50. The van der Waals surface area contributed by atoms with Gasteiger partial charge in [0.2, 0.25) is 5.91 Å². The maximum Gasteiger partial charge on any atom is 0.306 e. The highest BCUT2D eigenvalue weighted by molar-refractivity contribution is 7.45. The van der Waals surface area contributed by atoms with E-state index < -0.39 is 32.5 Å². The SMILES string of the molecule is CC/C=C\C/C=C\C/C=C\C/C=C\C/C=C\C/C=C\CCC(=O)NC(COP(=O)([O-])OCC[N+](C)(C)C)C(/C=C/CCCCCCCCCCCC)OC(=O)CCCCC/C=C\C/C=C\C/C=C\C/C=C\C/C=C\CC. The number of amides is 1. The highest BCUT2D eigenvalue weighted by atomic mass is 31.2. The van der Waals surface area contributed by atoms with E-state index in [-0.39, 0.29) is 25.4 Å². The highest BCUT2D eigenvalue weighted by Gasteiger charge is 2.27. The maximum atomic E-state index is 13.5. The van der Waals surface area contributed by atoms with Gasteiger partial charge in [-0.3, -0.25) is 14.2 Å². The first-order valence-corrected chi connectivity index (χ1v) is 31.1. The number of phosphoric ester groups is 1. The summed E-state index contributed by atoms with van der Waals surface area (Å²) in [5, 5.41) is 2.96. The Morgan fingerprint density at radius 1 is 0.474 bits per heavy atom. The normalized spacial score (nSPS) is 14.8. The molecule has 0 aliphatic rings. The van der Waals surface area contributed by atoms with Crippen molar-refractivity contribution in [2.24, 2.45) is 0 Å². The second-order valence-corrected chi connectivity index (χ2v) is 21.8. The molecule has 1 N–H and O–H groups in total. The zero-order chi connectivity index (χ0) is 55.7. The minimum absolute atomic E-state index is 0.0501. The molecule has 0 aromatic heterocycles. The predicted octanol–water partition coefficient (Wildman–Crippen LogP) is 17.6. The number of unbranched alkanes of at least 4 members (excludes halogenated alkanes) is 13. The molecule has 0 heterocycles. The van der Waals surface area contributed by atoms with Gasteiger partial charge in [-0.1, -0.05) is 225 Å². The number of nitrogens with one attached hydrogen (secondary N) is 1.